The monoisotopic (exact) mass is 246 g/mol. The molecule has 2 aromatic rings. The first-order valence-electron chi connectivity index (χ1n) is 6.08. The van der Waals surface area contributed by atoms with Crippen LogP contribution in [-0.2, 0) is 0 Å². The lowest BCUT2D eigenvalue weighted by atomic mass is 10.1. The molecule has 0 fully saturated rings. The van der Waals surface area contributed by atoms with Crippen LogP contribution in [0.5, 0.6) is 0 Å². The van der Waals surface area contributed by atoms with Crippen molar-refractivity contribution in [2.75, 3.05) is 17.7 Å². The Morgan fingerprint density at radius 2 is 2.22 bits per heavy atom. The van der Waals surface area contributed by atoms with Gasteiger partial charge < -0.3 is 16.2 Å². The molecule has 0 aliphatic rings. The Morgan fingerprint density at radius 3 is 3.00 bits per heavy atom. The summed E-state index contributed by atoms with van der Waals surface area (Å²) < 4.78 is 0. The van der Waals surface area contributed by atoms with Crippen LogP contribution in [0.15, 0.2) is 24.5 Å². The number of anilines is 2. The van der Waals surface area contributed by atoms with E-state index < -0.39 is 0 Å². The number of nitrogens with two attached hydrogens (primary N) is 1. The fraction of sp³-hybridized carbons (Fsp3) is 0.385. The summed E-state index contributed by atoms with van der Waals surface area (Å²) >= 11 is 0. The van der Waals surface area contributed by atoms with Crippen molar-refractivity contribution in [3.05, 3.63) is 24.5 Å². The molecule has 0 saturated carbocycles. The molecule has 96 valence electrons. The van der Waals surface area contributed by atoms with Crippen molar-refractivity contribution < 1.29 is 5.11 Å². The number of rotatable bonds is 5. The van der Waals surface area contributed by atoms with Crippen LogP contribution < -0.4 is 11.1 Å². The maximum Gasteiger partial charge on any atom is 0.137 e. The van der Waals surface area contributed by atoms with Crippen molar-refractivity contribution in [3.8, 4) is 0 Å². The van der Waals surface area contributed by atoms with Gasteiger partial charge in [0.25, 0.3) is 0 Å². The van der Waals surface area contributed by atoms with E-state index in [1.807, 2.05) is 18.2 Å². The number of nitrogen functional groups attached to an aromatic ring is 1. The van der Waals surface area contributed by atoms with Crippen molar-refractivity contribution in [1.29, 1.82) is 0 Å². The van der Waals surface area contributed by atoms with Crippen LogP contribution >= 0.6 is 0 Å². The molecule has 4 N–H and O–H groups in total. The number of aliphatic hydroxyl groups is 1. The van der Waals surface area contributed by atoms with E-state index in [-0.39, 0.29) is 12.6 Å². The summed E-state index contributed by atoms with van der Waals surface area (Å²) in [6.45, 7) is 2.29. The number of aliphatic hydroxyl groups excluding tert-OH is 1. The van der Waals surface area contributed by atoms with E-state index in [2.05, 4.69) is 22.2 Å². The molecular weight excluding hydrogens is 228 g/mol. The van der Waals surface area contributed by atoms with Gasteiger partial charge in [0.15, 0.2) is 0 Å². The van der Waals surface area contributed by atoms with Gasteiger partial charge in [0.2, 0.25) is 0 Å². The third-order valence-electron chi connectivity index (χ3n) is 2.84. The van der Waals surface area contributed by atoms with Crippen LogP contribution in [0.1, 0.15) is 19.8 Å². The fourth-order valence-electron chi connectivity index (χ4n) is 1.89. The third kappa shape index (κ3) is 2.87. The standard InChI is InChI=1S/C13H18N4O/c1-9(3-2-6-18)17-13-11-5-4-10(14)7-12(11)15-8-16-13/h4-5,7-9,18H,2-3,6,14H2,1H3,(H,15,16,17). The summed E-state index contributed by atoms with van der Waals surface area (Å²) in [5, 5.41) is 13.1. The molecule has 1 aromatic carbocycles. The van der Waals surface area contributed by atoms with Crippen molar-refractivity contribution in [2.24, 2.45) is 0 Å². The van der Waals surface area contributed by atoms with Gasteiger partial charge in [-0.15, -0.1) is 0 Å². The SMILES string of the molecule is CC(CCCO)Nc1ncnc2cc(N)ccc12. The average Bonchev–Trinajstić information content (AvgIpc) is 2.36. The molecule has 1 unspecified atom stereocenters. The van der Waals surface area contributed by atoms with Gasteiger partial charge >= 0.3 is 0 Å². The second kappa shape index (κ2) is 5.64. The zero-order valence-electron chi connectivity index (χ0n) is 10.4. The Bertz CT molecular complexity index is 529. The summed E-state index contributed by atoms with van der Waals surface area (Å²) in [6, 6.07) is 5.86. The predicted molar refractivity (Wildman–Crippen MR) is 73.4 cm³/mol. The third-order valence-corrected chi connectivity index (χ3v) is 2.84. The van der Waals surface area contributed by atoms with Gasteiger partial charge in [0.05, 0.1) is 5.52 Å². The minimum atomic E-state index is 0.215. The normalized spacial score (nSPS) is 12.6. The molecule has 18 heavy (non-hydrogen) atoms. The lowest BCUT2D eigenvalue weighted by Gasteiger charge is -2.15. The lowest BCUT2D eigenvalue weighted by molar-refractivity contribution is 0.282. The highest BCUT2D eigenvalue weighted by atomic mass is 16.2. The largest absolute Gasteiger partial charge is 0.399 e. The molecule has 1 heterocycles. The van der Waals surface area contributed by atoms with Crippen molar-refractivity contribution >= 4 is 22.4 Å². The van der Waals surface area contributed by atoms with Crippen molar-refractivity contribution in [2.45, 2.75) is 25.8 Å². The van der Waals surface area contributed by atoms with Gasteiger partial charge in [-0.3, -0.25) is 0 Å². The maximum absolute atomic E-state index is 8.82. The molecule has 0 aliphatic carbocycles. The number of nitrogens with one attached hydrogen (secondary N) is 1. The lowest BCUT2D eigenvalue weighted by Crippen LogP contribution is -2.16. The van der Waals surface area contributed by atoms with Gasteiger partial charge in [0.1, 0.15) is 12.1 Å². The van der Waals surface area contributed by atoms with Crippen molar-refractivity contribution in [1.82, 2.24) is 9.97 Å². The van der Waals surface area contributed by atoms with Gasteiger partial charge in [-0.25, -0.2) is 9.97 Å². The van der Waals surface area contributed by atoms with E-state index in [4.69, 9.17) is 10.8 Å². The van der Waals surface area contributed by atoms with Gasteiger partial charge in [0, 0.05) is 23.7 Å². The topological polar surface area (TPSA) is 84.1 Å². The Morgan fingerprint density at radius 1 is 1.39 bits per heavy atom. The Labute approximate surface area is 106 Å². The summed E-state index contributed by atoms with van der Waals surface area (Å²) in [4.78, 5) is 8.46. The van der Waals surface area contributed by atoms with E-state index in [1.165, 1.54) is 6.33 Å². The van der Waals surface area contributed by atoms with Gasteiger partial charge in [-0.05, 0) is 38.0 Å². The highest BCUT2D eigenvalue weighted by molar-refractivity contribution is 5.90. The minimum absolute atomic E-state index is 0.215. The molecule has 0 radical (unpaired) electrons. The fourth-order valence-corrected chi connectivity index (χ4v) is 1.89. The van der Waals surface area contributed by atoms with Crippen LogP contribution in [0.25, 0.3) is 10.9 Å². The number of fused-ring (bicyclic) bond motifs is 1. The number of nitrogens with zero attached hydrogens (tertiary/aromatic N) is 2. The quantitative estimate of drug-likeness (QED) is 0.700. The minimum Gasteiger partial charge on any atom is -0.399 e. The second-order valence-electron chi connectivity index (χ2n) is 4.41. The molecule has 0 spiro atoms. The zero-order valence-corrected chi connectivity index (χ0v) is 10.4. The zero-order chi connectivity index (χ0) is 13.0. The molecule has 5 heteroatoms. The van der Waals surface area contributed by atoms with E-state index in [1.54, 1.807) is 0 Å². The summed E-state index contributed by atoms with van der Waals surface area (Å²) in [6.07, 6.45) is 3.21. The highest BCUT2D eigenvalue weighted by Gasteiger charge is 2.07. The summed E-state index contributed by atoms with van der Waals surface area (Å²) in [7, 11) is 0. The molecule has 5 nitrogen and oxygen atoms in total. The van der Waals surface area contributed by atoms with Crippen LogP contribution in [0, 0.1) is 0 Å². The predicted octanol–water partition coefficient (Wildman–Crippen LogP) is 1.78. The Balaban J connectivity index is 2.22. The molecule has 0 aliphatic heterocycles. The number of aromatic nitrogens is 2. The first-order chi connectivity index (χ1) is 8.70. The molecule has 2 rings (SSSR count). The summed E-state index contributed by atoms with van der Waals surface area (Å²) in [5.74, 6) is 0.811. The molecule has 1 atom stereocenters. The number of hydrogen-bond acceptors (Lipinski definition) is 5. The molecular formula is C13H18N4O. The van der Waals surface area contributed by atoms with E-state index >= 15 is 0 Å². The van der Waals surface area contributed by atoms with Gasteiger partial charge in [-0.2, -0.15) is 0 Å². The van der Waals surface area contributed by atoms with E-state index in [9.17, 15) is 0 Å². The number of hydrogen-bond donors (Lipinski definition) is 3. The van der Waals surface area contributed by atoms with Crippen LogP contribution in [0.3, 0.4) is 0 Å². The maximum atomic E-state index is 8.82. The summed E-state index contributed by atoms with van der Waals surface area (Å²) in [5.41, 5.74) is 7.26. The number of benzene rings is 1. The first-order valence-corrected chi connectivity index (χ1v) is 6.08. The Hall–Kier alpha value is -1.88. The molecule has 0 saturated heterocycles. The van der Waals surface area contributed by atoms with Crippen LogP contribution in [0.4, 0.5) is 11.5 Å². The smallest absolute Gasteiger partial charge is 0.137 e. The van der Waals surface area contributed by atoms with Crippen LogP contribution in [-0.4, -0.2) is 27.7 Å². The van der Waals surface area contributed by atoms with Crippen molar-refractivity contribution in [3.63, 3.8) is 0 Å². The second-order valence-corrected chi connectivity index (χ2v) is 4.41. The van der Waals surface area contributed by atoms with Gasteiger partial charge in [-0.1, -0.05) is 0 Å². The molecule has 1 aromatic heterocycles. The highest BCUT2D eigenvalue weighted by Crippen LogP contribution is 2.22. The van der Waals surface area contributed by atoms with Crippen LogP contribution in [0.2, 0.25) is 0 Å². The van der Waals surface area contributed by atoms with E-state index in [0.717, 1.165) is 29.6 Å². The average molecular weight is 246 g/mol. The molecule has 0 amide bonds. The Kier molecular flexibility index (Phi) is 3.94. The van der Waals surface area contributed by atoms with E-state index in [0.29, 0.717) is 5.69 Å². The molecule has 0 bridgehead atoms. The first kappa shape index (κ1) is 12.6.